The van der Waals surface area contributed by atoms with E-state index in [4.69, 9.17) is 19.3 Å². The highest BCUT2D eigenvalue weighted by atomic mass is 79.9. The molecule has 5 nitrogen and oxygen atoms in total. The van der Waals surface area contributed by atoms with Gasteiger partial charge >= 0.3 is 0 Å². The van der Waals surface area contributed by atoms with Crippen molar-refractivity contribution in [3.05, 3.63) is 87.9 Å². The molecule has 2 aliphatic heterocycles. The number of fused-ring (bicyclic) bond motifs is 4. The molecule has 180 valence electrons. The molecule has 3 aliphatic rings. The number of hydrazone groups is 1. The average Bonchev–Trinajstić information content (AvgIpc) is 3.37. The van der Waals surface area contributed by atoms with Gasteiger partial charge in [-0.25, -0.2) is 5.01 Å². The lowest BCUT2D eigenvalue weighted by molar-refractivity contribution is -0.142. The van der Waals surface area contributed by atoms with E-state index in [9.17, 15) is 0 Å². The Balaban J connectivity index is 1.36. The molecule has 0 aromatic heterocycles. The fourth-order valence-electron chi connectivity index (χ4n) is 5.90. The number of nitrogens with zero attached hydrogens (tertiary/aromatic N) is 2. The predicted molar refractivity (Wildman–Crippen MR) is 140 cm³/mol. The van der Waals surface area contributed by atoms with Crippen LogP contribution in [-0.2, 0) is 0 Å². The van der Waals surface area contributed by atoms with Gasteiger partial charge in [0.15, 0.2) is 17.2 Å². The van der Waals surface area contributed by atoms with Gasteiger partial charge in [0.1, 0.15) is 5.75 Å². The van der Waals surface area contributed by atoms with Crippen molar-refractivity contribution in [1.82, 2.24) is 5.01 Å². The molecule has 1 atom stereocenters. The standard InChI is InChI=1S/C29H29BrN2O3/c1-33-27-10-8-21(16-28(27)34-2)24-18-25-23-17-22(30)9-11-26(23)35-29(32(25)31-24)14-12-20(13-15-29)19-6-4-3-5-7-19/h3-11,16-17,20,25H,12-15,18H2,1-2H3/t20?,25-,29?/m0/s1. The normalized spacial score (nSPS) is 24.9. The van der Waals surface area contributed by atoms with Crippen molar-refractivity contribution in [1.29, 1.82) is 0 Å². The summed E-state index contributed by atoms with van der Waals surface area (Å²) in [5, 5.41) is 7.50. The van der Waals surface area contributed by atoms with Crippen molar-refractivity contribution in [2.24, 2.45) is 5.10 Å². The highest BCUT2D eigenvalue weighted by molar-refractivity contribution is 9.10. The summed E-state index contributed by atoms with van der Waals surface area (Å²) in [7, 11) is 3.33. The lowest BCUT2D eigenvalue weighted by atomic mass is 9.78. The molecule has 3 aromatic carbocycles. The lowest BCUT2D eigenvalue weighted by Crippen LogP contribution is -2.55. The third-order valence-corrected chi connectivity index (χ3v) is 8.21. The smallest absolute Gasteiger partial charge is 0.198 e. The van der Waals surface area contributed by atoms with Gasteiger partial charge in [-0.2, -0.15) is 5.10 Å². The molecule has 1 saturated carbocycles. The Morgan fingerprint density at radius 2 is 1.71 bits per heavy atom. The first-order valence-electron chi connectivity index (χ1n) is 12.2. The van der Waals surface area contributed by atoms with Gasteiger partial charge < -0.3 is 14.2 Å². The van der Waals surface area contributed by atoms with Gasteiger partial charge in [-0.15, -0.1) is 0 Å². The van der Waals surface area contributed by atoms with E-state index in [-0.39, 0.29) is 6.04 Å². The van der Waals surface area contributed by atoms with Crippen LogP contribution in [0.15, 0.2) is 76.3 Å². The van der Waals surface area contributed by atoms with Gasteiger partial charge in [0, 0.05) is 34.9 Å². The Hall–Kier alpha value is -2.99. The van der Waals surface area contributed by atoms with Gasteiger partial charge in [0.05, 0.1) is 26.0 Å². The third kappa shape index (κ3) is 3.88. The molecule has 0 unspecified atom stereocenters. The van der Waals surface area contributed by atoms with Crippen molar-refractivity contribution in [3.63, 3.8) is 0 Å². The monoisotopic (exact) mass is 532 g/mol. The zero-order chi connectivity index (χ0) is 24.0. The fourth-order valence-corrected chi connectivity index (χ4v) is 6.28. The van der Waals surface area contributed by atoms with Gasteiger partial charge in [-0.3, -0.25) is 0 Å². The summed E-state index contributed by atoms with van der Waals surface area (Å²) in [6.07, 6.45) is 4.88. The predicted octanol–water partition coefficient (Wildman–Crippen LogP) is 7.06. The number of rotatable bonds is 4. The largest absolute Gasteiger partial charge is 0.493 e. The summed E-state index contributed by atoms with van der Waals surface area (Å²) in [5.41, 5.74) is 4.30. The average molecular weight is 533 g/mol. The molecule has 1 aliphatic carbocycles. The zero-order valence-corrected chi connectivity index (χ0v) is 21.6. The Labute approximate surface area is 214 Å². The quantitative estimate of drug-likeness (QED) is 0.360. The van der Waals surface area contributed by atoms with Crippen LogP contribution in [0.25, 0.3) is 0 Å². The summed E-state index contributed by atoms with van der Waals surface area (Å²) in [5.74, 6) is 2.99. The van der Waals surface area contributed by atoms with Crippen LogP contribution in [0, 0.1) is 0 Å². The van der Waals surface area contributed by atoms with Crippen LogP contribution >= 0.6 is 15.9 Å². The van der Waals surface area contributed by atoms with Crippen LogP contribution < -0.4 is 14.2 Å². The van der Waals surface area contributed by atoms with Crippen LogP contribution in [0.4, 0.5) is 0 Å². The van der Waals surface area contributed by atoms with E-state index in [0.717, 1.165) is 65.1 Å². The van der Waals surface area contributed by atoms with E-state index < -0.39 is 5.72 Å². The third-order valence-electron chi connectivity index (χ3n) is 7.71. The Morgan fingerprint density at radius 1 is 0.943 bits per heavy atom. The van der Waals surface area contributed by atoms with Gasteiger partial charge in [0.2, 0.25) is 0 Å². The molecule has 6 rings (SSSR count). The van der Waals surface area contributed by atoms with Crippen LogP contribution in [0.3, 0.4) is 0 Å². The molecular weight excluding hydrogens is 504 g/mol. The van der Waals surface area contributed by atoms with Crippen molar-refractivity contribution in [2.45, 2.75) is 49.8 Å². The molecule has 1 spiro atoms. The maximum atomic E-state index is 6.83. The first-order chi connectivity index (χ1) is 17.1. The second-order valence-corrected chi connectivity index (χ2v) is 10.5. The zero-order valence-electron chi connectivity index (χ0n) is 20.0. The molecule has 35 heavy (non-hydrogen) atoms. The van der Waals surface area contributed by atoms with Gasteiger partial charge in [-0.05, 0) is 60.7 Å². The topological polar surface area (TPSA) is 43.3 Å². The number of hydrogen-bond donors (Lipinski definition) is 0. The number of hydrogen-bond acceptors (Lipinski definition) is 5. The molecule has 0 saturated heterocycles. The van der Waals surface area contributed by atoms with Gasteiger partial charge in [-0.1, -0.05) is 46.3 Å². The molecule has 3 aromatic rings. The minimum absolute atomic E-state index is 0.146. The van der Waals surface area contributed by atoms with E-state index in [1.165, 1.54) is 11.1 Å². The van der Waals surface area contributed by atoms with E-state index >= 15 is 0 Å². The molecule has 2 heterocycles. The molecule has 1 fully saturated rings. The van der Waals surface area contributed by atoms with Crippen molar-refractivity contribution >= 4 is 21.6 Å². The molecular formula is C29H29BrN2O3. The Kier molecular flexibility index (Phi) is 5.72. The SMILES string of the molecule is COc1ccc(C2=NN3[C@@H](C2)c2cc(Br)ccc2OC32CCC(c3ccccc3)CC2)cc1OC. The second-order valence-electron chi connectivity index (χ2n) is 9.60. The Morgan fingerprint density at radius 3 is 2.46 bits per heavy atom. The summed E-state index contributed by atoms with van der Waals surface area (Å²) in [6, 6.07) is 23.4. The highest BCUT2D eigenvalue weighted by Crippen LogP contribution is 2.53. The first-order valence-corrected chi connectivity index (χ1v) is 13.0. The van der Waals surface area contributed by atoms with Crippen molar-refractivity contribution in [2.75, 3.05) is 14.2 Å². The number of benzene rings is 3. The number of ether oxygens (including phenoxy) is 3. The molecule has 0 radical (unpaired) electrons. The first kappa shape index (κ1) is 22.5. The summed E-state index contributed by atoms with van der Waals surface area (Å²) in [6.45, 7) is 0. The molecule has 0 N–H and O–H groups in total. The number of methoxy groups -OCH3 is 2. The van der Waals surface area contributed by atoms with Crippen molar-refractivity contribution in [3.8, 4) is 17.2 Å². The molecule has 0 amide bonds. The van der Waals surface area contributed by atoms with E-state index in [1.807, 2.05) is 12.1 Å². The van der Waals surface area contributed by atoms with Crippen LogP contribution in [0.1, 0.15) is 60.8 Å². The fraction of sp³-hybridized carbons (Fsp3) is 0.345. The van der Waals surface area contributed by atoms with Gasteiger partial charge in [0.25, 0.3) is 0 Å². The van der Waals surface area contributed by atoms with Crippen LogP contribution in [0.2, 0.25) is 0 Å². The van der Waals surface area contributed by atoms with E-state index in [2.05, 4.69) is 75.5 Å². The van der Waals surface area contributed by atoms with Crippen molar-refractivity contribution < 1.29 is 14.2 Å². The maximum Gasteiger partial charge on any atom is 0.198 e. The van der Waals surface area contributed by atoms with E-state index in [1.54, 1.807) is 14.2 Å². The summed E-state index contributed by atoms with van der Waals surface area (Å²) >= 11 is 3.66. The van der Waals surface area contributed by atoms with E-state index in [0.29, 0.717) is 5.92 Å². The maximum absolute atomic E-state index is 6.83. The van der Waals surface area contributed by atoms with Crippen LogP contribution in [-0.4, -0.2) is 30.7 Å². The summed E-state index contributed by atoms with van der Waals surface area (Å²) in [4.78, 5) is 0. The Bertz CT molecular complexity index is 1270. The number of halogens is 1. The lowest BCUT2D eigenvalue weighted by Gasteiger charge is -2.50. The summed E-state index contributed by atoms with van der Waals surface area (Å²) < 4.78 is 18.9. The highest BCUT2D eigenvalue weighted by Gasteiger charge is 2.52. The molecule has 0 bridgehead atoms. The molecule has 6 heteroatoms. The minimum Gasteiger partial charge on any atom is -0.493 e. The minimum atomic E-state index is -0.422. The second kappa shape index (κ2) is 8.90. The van der Waals surface area contributed by atoms with Crippen LogP contribution in [0.5, 0.6) is 17.2 Å².